The molecule has 3 rings (SSSR count). The molecule has 2 heteroatoms. The van der Waals surface area contributed by atoms with Crippen molar-refractivity contribution in [2.45, 2.75) is 6.92 Å². The first-order valence-electron chi connectivity index (χ1n) is 5.73. The molecule has 3 aromatic rings. The van der Waals surface area contributed by atoms with Gasteiger partial charge in [0.1, 0.15) is 5.65 Å². The highest BCUT2D eigenvalue weighted by Gasteiger charge is 2.07. The first kappa shape index (κ1) is 10.1. The number of pyridine rings is 1. The Morgan fingerprint density at radius 3 is 2.53 bits per heavy atom. The standard InChI is InChI=1S/C15H14N2/c1-11-5-7-12(8-6-11)14-10-13-4-3-9-16-15(13)17(14)2/h3-10H,1-2H3. The zero-order chi connectivity index (χ0) is 11.8. The Bertz CT molecular complexity index is 663. The molecule has 0 aliphatic heterocycles. The molecule has 0 fully saturated rings. The van der Waals surface area contributed by atoms with Gasteiger partial charge in [-0.1, -0.05) is 29.8 Å². The summed E-state index contributed by atoms with van der Waals surface area (Å²) in [6.45, 7) is 2.10. The van der Waals surface area contributed by atoms with E-state index in [0.29, 0.717) is 0 Å². The monoisotopic (exact) mass is 222 g/mol. The van der Waals surface area contributed by atoms with Crippen LogP contribution in [0.2, 0.25) is 0 Å². The highest BCUT2D eigenvalue weighted by atomic mass is 15.0. The van der Waals surface area contributed by atoms with Crippen molar-refractivity contribution in [2.75, 3.05) is 0 Å². The van der Waals surface area contributed by atoms with Gasteiger partial charge in [-0.3, -0.25) is 0 Å². The van der Waals surface area contributed by atoms with Crippen LogP contribution in [0.3, 0.4) is 0 Å². The Kier molecular flexibility index (Phi) is 2.22. The second kappa shape index (κ2) is 3.74. The average molecular weight is 222 g/mol. The SMILES string of the molecule is Cc1ccc(-c2cc3cccnc3n2C)cc1. The number of nitrogens with zero attached hydrogens (tertiary/aromatic N) is 2. The maximum Gasteiger partial charge on any atom is 0.140 e. The summed E-state index contributed by atoms with van der Waals surface area (Å²) in [7, 11) is 2.06. The van der Waals surface area contributed by atoms with E-state index in [0.717, 1.165) is 5.65 Å². The van der Waals surface area contributed by atoms with Gasteiger partial charge in [-0.15, -0.1) is 0 Å². The predicted octanol–water partition coefficient (Wildman–Crippen LogP) is 3.55. The molecular weight excluding hydrogens is 208 g/mol. The lowest BCUT2D eigenvalue weighted by atomic mass is 10.1. The van der Waals surface area contributed by atoms with Gasteiger partial charge in [0.25, 0.3) is 0 Å². The zero-order valence-electron chi connectivity index (χ0n) is 10.0. The predicted molar refractivity (Wildman–Crippen MR) is 70.9 cm³/mol. The summed E-state index contributed by atoms with van der Waals surface area (Å²) in [4.78, 5) is 4.41. The lowest BCUT2D eigenvalue weighted by Crippen LogP contribution is -1.92. The summed E-state index contributed by atoms with van der Waals surface area (Å²) in [5.74, 6) is 0. The summed E-state index contributed by atoms with van der Waals surface area (Å²) in [5.41, 5.74) is 4.75. The molecular formula is C15H14N2. The first-order valence-corrected chi connectivity index (χ1v) is 5.73. The highest BCUT2D eigenvalue weighted by molar-refractivity contribution is 5.83. The van der Waals surface area contributed by atoms with Gasteiger partial charge in [-0.25, -0.2) is 4.98 Å². The van der Waals surface area contributed by atoms with Gasteiger partial charge in [0.15, 0.2) is 0 Å². The number of aromatic nitrogens is 2. The minimum absolute atomic E-state index is 1.03. The third-order valence-electron chi connectivity index (χ3n) is 3.14. The molecule has 0 amide bonds. The summed E-state index contributed by atoms with van der Waals surface area (Å²) in [6.07, 6.45) is 1.83. The van der Waals surface area contributed by atoms with Crippen LogP contribution in [0.1, 0.15) is 5.56 Å². The van der Waals surface area contributed by atoms with Crippen LogP contribution in [-0.2, 0) is 7.05 Å². The normalized spacial score (nSPS) is 10.9. The van der Waals surface area contributed by atoms with E-state index in [1.807, 2.05) is 12.3 Å². The molecule has 0 N–H and O–H groups in total. The minimum atomic E-state index is 1.03. The van der Waals surface area contributed by atoms with Gasteiger partial charge in [-0.2, -0.15) is 0 Å². The van der Waals surface area contributed by atoms with Gasteiger partial charge in [-0.05, 0) is 30.7 Å². The molecule has 2 nitrogen and oxygen atoms in total. The van der Waals surface area contributed by atoms with Crippen molar-refractivity contribution in [3.05, 3.63) is 54.2 Å². The third-order valence-corrected chi connectivity index (χ3v) is 3.14. The molecule has 0 bridgehead atoms. The smallest absolute Gasteiger partial charge is 0.140 e. The van der Waals surface area contributed by atoms with E-state index in [4.69, 9.17) is 0 Å². The maximum absolute atomic E-state index is 4.41. The van der Waals surface area contributed by atoms with Gasteiger partial charge in [0.05, 0.1) is 5.69 Å². The van der Waals surface area contributed by atoms with E-state index in [2.05, 4.69) is 59.9 Å². The second-order valence-corrected chi connectivity index (χ2v) is 4.37. The van der Waals surface area contributed by atoms with Gasteiger partial charge in [0.2, 0.25) is 0 Å². The Hall–Kier alpha value is -2.09. The van der Waals surface area contributed by atoms with Crippen LogP contribution in [0.4, 0.5) is 0 Å². The van der Waals surface area contributed by atoms with E-state index < -0.39 is 0 Å². The Balaban J connectivity index is 2.24. The molecule has 0 saturated carbocycles. The number of fused-ring (bicyclic) bond motifs is 1. The quantitative estimate of drug-likeness (QED) is 0.615. The van der Waals surface area contributed by atoms with Crippen LogP contribution in [-0.4, -0.2) is 9.55 Å². The molecule has 2 heterocycles. The van der Waals surface area contributed by atoms with Crippen molar-refractivity contribution in [1.82, 2.24) is 9.55 Å². The van der Waals surface area contributed by atoms with E-state index in [1.165, 1.54) is 22.2 Å². The van der Waals surface area contributed by atoms with Crippen LogP contribution in [0.25, 0.3) is 22.3 Å². The first-order chi connectivity index (χ1) is 8.25. The third kappa shape index (κ3) is 1.62. The summed E-state index contributed by atoms with van der Waals surface area (Å²) in [5, 5.41) is 1.19. The second-order valence-electron chi connectivity index (χ2n) is 4.37. The Morgan fingerprint density at radius 1 is 1.06 bits per heavy atom. The topological polar surface area (TPSA) is 17.8 Å². The molecule has 0 spiro atoms. The van der Waals surface area contributed by atoms with Crippen LogP contribution in [0.15, 0.2) is 48.7 Å². The largest absolute Gasteiger partial charge is 0.328 e. The molecule has 0 aliphatic rings. The number of hydrogen-bond donors (Lipinski definition) is 0. The van der Waals surface area contributed by atoms with Crippen molar-refractivity contribution >= 4 is 11.0 Å². The maximum atomic E-state index is 4.41. The van der Waals surface area contributed by atoms with Crippen molar-refractivity contribution in [1.29, 1.82) is 0 Å². The van der Waals surface area contributed by atoms with Crippen molar-refractivity contribution in [3.63, 3.8) is 0 Å². The molecule has 1 aromatic carbocycles. The lowest BCUT2D eigenvalue weighted by Gasteiger charge is -2.04. The fraction of sp³-hybridized carbons (Fsp3) is 0.133. The number of rotatable bonds is 1. The van der Waals surface area contributed by atoms with Gasteiger partial charge in [0, 0.05) is 18.6 Å². The van der Waals surface area contributed by atoms with Gasteiger partial charge >= 0.3 is 0 Å². The molecule has 0 atom stereocenters. The van der Waals surface area contributed by atoms with Gasteiger partial charge < -0.3 is 4.57 Å². The molecule has 2 aromatic heterocycles. The molecule has 0 radical (unpaired) electrons. The van der Waals surface area contributed by atoms with E-state index in [9.17, 15) is 0 Å². The summed E-state index contributed by atoms with van der Waals surface area (Å²) >= 11 is 0. The molecule has 17 heavy (non-hydrogen) atoms. The average Bonchev–Trinajstić information content (AvgIpc) is 2.69. The van der Waals surface area contributed by atoms with E-state index in [1.54, 1.807) is 0 Å². The van der Waals surface area contributed by atoms with E-state index >= 15 is 0 Å². The van der Waals surface area contributed by atoms with Crippen LogP contribution >= 0.6 is 0 Å². The van der Waals surface area contributed by atoms with Crippen LogP contribution < -0.4 is 0 Å². The zero-order valence-corrected chi connectivity index (χ0v) is 10.0. The Morgan fingerprint density at radius 2 is 1.82 bits per heavy atom. The lowest BCUT2D eigenvalue weighted by molar-refractivity contribution is 0.957. The fourth-order valence-corrected chi connectivity index (χ4v) is 2.16. The molecule has 0 aliphatic carbocycles. The van der Waals surface area contributed by atoms with Crippen molar-refractivity contribution < 1.29 is 0 Å². The number of aryl methyl sites for hydroxylation is 2. The highest BCUT2D eigenvalue weighted by Crippen LogP contribution is 2.25. The minimum Gasteiger partial charge on any atom is -0.328 e. The number of benzene rings is 1. The van der Waals surface area contributed by atoms with E-state index in [-0.39, 0.29) is 0 Å². The molecule has 0 saturated heterocycles. The Labute approximate surface area is 101 Å². The van der Waals surface area contributed by atoms with Crippen molar-refractivity contribution in [3.8, 4) is 11.3 Å². The molecule has 84 valence electrons. The number of hydrogen-bond acceptors (Lipinski definition) is 1. The van der Waals surface area contributed by atoms with Crippen LogP contribution in [0, 0.1) is 6.92 Å². The van der Waals surface area contributed by atoms with Crippen LogP contribution in [0.5, 0.6) is 0 Å². The molecule has 0 unspecified atom stereocenters. The fourth-order valence-electron chi connectivity index (χ4n) is 2.16. The summed E-state index contributed by atoms with van der Waals surface area (Å²) in [6, 6.07) is 14.8. The van der Waals surface area contributed by atoms with Crippen molar-refractivity contribution in [2.24, 2.45) is 7.05 Å². The summed E-state index contributed by atoms with van der Waals surface area (Å²) < 4.78 is 2.14.